The molecule has 4 aromatic heterocycles. The van der Waals surface area contributed by atoms with Crippen molar-refractivity contribution in [3.8, 4) is 0 Å². The van der Waals surface area contributed by atoms with Crippen LogP contribution in [0, 0.1) is 0 Å². The van der Waals surface area contributed by atoms with Crippen molar-refractivity contribution in [2.24, 2.45) is 0 Å². The number of thiophene rings is 2. The number of fused-ring (bicyclic) bond motifs is 6. The first-order chi connectivity index (χ1) is 16.5. The predicted molar refractivity (Wildman–Crippen MR) is 153 cm³/mol. The van der Waals surface area contributed by atoms with E-state index in [0.29, 0.717) is 19.9 Å². The summed E-state index contributed by atoms with van der Waals surface area (Å²) in [6.07, 6.45) is 2.88. The molecule has 0 spiro atoms. The van der Waals surface area contributed by atoms with Gasteiger partial charge in [0, 0.05) is 30.2 Å². The fourth-order valence-electron chi connectivity index (χ4n) is 3.08. The Morgan fingerprint density at radius 2 is 1.29 bits per heavy atom. The Morgan fingerprint density at radius 3 is 1.86 bits per heavy atom. The lowest BCUT2D eigenvalue weighted by Crippen LogP contribution is -2.03. The van der Waals surface area contributed by atoms with Gasteiger partial charge in [0.1, 0.15) is 16.2 Å². The highest BCUT2D eigenvalue weighted by Gasteiger charge is 2.10. The van der Waals surface area contributed by atoms with Crippen molar-refractivity contribution in [3.05, 3.63) is 74.6 Å². The first-order valence-corrected chi connectivity index (χ1v) is 16.4. The van der Waals surface area contributed by atoms with Gasteiger partial charge in [-0.2, -0.15) is 0 Å². The van der Waals surface area contributed by atoms with Crippen LogP contribution in [0.3, 0.4) is 0 Å². The molecule has 1 N–H and O–H groups in total. The number of nitrogens with one attached hydrogen (secondary N) is 1. The van der Waals surface area contributed by atoms with Crippen molar-refractivity contribution in [1.82, 2.24) is 19.9 Å². The smallest absolute Gasteiger partial charge is 0.312 e. The van der Waals surface area contributed by atoms with Gasteiger partial charge in [-0.1, -0.05) is 34.8 Å². The number of hydrogen-bond acceptors (Lipinski definition) is 7. The second kappa shape index (κ2) is 11.1. The van der Waals surface area contributed by atoms with Gasteiger partial charge < -0.3 is 4.98 Å². The van der Waals surface area contributed by atoms with Crippen LogP contribution >= 0.6 is 96.4 Å². The summed E-state index contributed by atoms with van der Waals surface area (Å²) in [5.41, 5.74) is 1.50. The predicted octanol–water partition coefficient (Wildman–Crippen LogP) is 9.75. The molecule has 0 fully saturated rings. The molecule has 0 aliphatic carbocycles. The molecule has 4 heterocycles. The van der Waals surface area contributed by atoms with E-state index in [1.807, 2.05) is 36.4 Å². The van der Waals surface area contributed by atoms with E-state index >= 15 is 0 Å². The van der Waals surface area contributed by atoms with E-state index in [-0.39, 0.29) is 5.56 Å². The van der Waals surface area contributed by atoms with E-state index in [1.54, 1.807) is 11.3 Å². The van der Waals surface area contributed by atoms with Crippen LogP contribution in [-0.4, -0.2) is 19.9 Å². The summed E-state index contributed by atoms with van der Waals surface area (Å²) < 4.78 is 13.2. The van der Waals surface area contributed by atoms with Crippen LogP contribution in [0.2, 0.25) is 15.2 Å². The zero-order chi connectivity index (χ0) is 25.3. The molecular formula is C20H9Cl6N4O2PS2. The van der Waals surface area contributed by atoms with Gasteiger partial charge in [0.2, 0.25) is 0 Å². The molecule has 2 aromatic carbocycles. The van der Waals surface area contributed by atoms with Crippen LogP contribution in [0.1, 0.15) is 0 Å². The summed E-state index contributed by atoms with van der Waals surface area (Å²) in [5.74, 6) is 0. The van der Waals surface area contributed by atoms with Gasteiger partial charge in [-0.3, -0.25) is 9.36 Å². The highest BCUT2D eigenvalue weighted by molar-refractivity contribution is 8.24. The molecule has 6 nitrogen and oxygen atoms in total. The third kappa shape index (κ3) is 6.58. The van der Waals surface area contributed by atoms with E-state index in [2.05, 4.69) is 53.7 Å². The summed E-state index contributed by atoms with van der Waals surface area (Å²) >= 11 is 34.7. The van der Waals surface area contributed by atoms with Crippen LogP contribution in [0.5, 0.6) is 0 Å². The Labute approximate surface area is 234 Å². The Hall–Kier alpha value is -1.19. The van der Waals surface area contributed by atoms with E-state index < -0.39 is 5.20 Å². The topological polar surface area (TPSA) is 88.6 Å². The Kier molecular flexibility index (Phi) is 8.48. The molecule has 0 bridgehead atoms. The van der Waals surface area contributed by atoms with E-state index in [9.17, 15) is 9.36 Å². The lowest BCUT2D eigenvalue weighted by Gasteiger charge is -1.91. The maximum absolute atomic E-state index is 11.5. The summed E-state index contributed by atoms with van der Waals surface area (Å²) in [4.78, 5) is 26.4. The minimum atomic E-state index is -3.22. The number of hydrogen-bond donors (Lipinski definition) is 1. The largest absolute Gasteiger partial charge is 0.339 e. The van der Waals surface area contributed by atoms with Gasteiger partial charge in [0.25, 0.3) is 5.56 Å². The van der Waals surface area contributed by atoms with Crippen LogP contribution in [0.4, 0.5) is 0 Å². The highest BCUT2D eigenvalue weighted by Crippen LogP contribution is 2.61. The Balaban J connectivity index is 0.000000139. The first kappa shape index (κ1) is 26.9. The minimum Gasteiger partial charge on any atom is -0.312 e. The Morgan fingerprint density at radius 1 is 0.771 bits per heavy atom. The van der Waals surface area contributed by atoms with Crippen molar-refractivity contribution < 1.29 is 4.57 Å². The summed E-state index contributed by atoms with van der Waals surface area (Å²) in [7, 11) is 0. The van der Waals surface area contributed by atoms with E-state index in [1.165, 1.54) is 24.0 Å². The molecule has 35 heavy (non-hydrogen) atoms. The third-order valence-corrected chi connectivity index (χ3v) is 7.58. The normalized spacial score (nSPS) is 11.4. The zero-order valence-electron chi connectivity index (χ0n) is 16.8. The third-order valence-electron chi connectivity index (χ3n) is 4.39. The van der Waals surface area contributed by atoms with Crippen LogP contribution in [0.25, 0.3) is 40.6 Å². The molecule has 0 saturated carbocycles. The van der Waals surface area contributed by atoms with Crippen molar-refractivity contribution >= 4 is 137 Å². The number of rotatable bonds is 0. The molecule has 0 unspecified atom stereocenters. The molecule has 0 saturated heterocycles. The quantitative estimate of drug-likeness (QED) is 0.131. The highest BCUT2D eigenvalue weighted by atomic mass is 36.0. The van der Waals surface area contributed by atoms with Gasteiger partial charge >= 0.3 is 5.20 Å². The zero-order valence-corrected chi connectivity index (χ0v) is 23.9. The maximum Gasteiger partial charge on any atom is 0.339 e. The van der Waals surface area contributed by atoms with E-state index in [4.69, 9.17) is 34.8 Å². The van der Waals surface area contributed by atoms with Gasteiger partial charge in [-0.15, -0.1) is 22.7 Å². The molecule has 0 radical (unpaired) electrons. The minimum absolute atomic E-state index is 0.0997. The fraction of sp³-hybridized carbons (Fsp3) is 0. The fourth-order valence-corrected chi connectivity index (χ4v) is 5.72. The van der Waals surface area contributed by atoms with Crippen molar-refractivity contribution in [2.45, 2.75) is 0 Å². The van der Waals surface area contributed by atoms with Gasteiger partial charge in [-0.25, -0.2) is 15.0 Å². The molecule has 15 heteroatoms. The van der Waals surface area contributed by atoms with Crippen molar-refractivity contribution in [1.29, 1.82) is 0 Å². The SMILES string of the molecule is Clc1ccc2sc3c(Cl)ncnc3c2c1.O=P(Cl)(Cl)Cl.O=c1[nH]cnc2c1sc1ccc(Cl)cc12. The standard InChI is InChI=1S/C10H4Cl2N2S.C10H5ClN2OS.Cl3OP/c11-5-1-2-7-6(3-5)8-9(15-7)10(12)14-4-13-8;11-5-1-2-7-6(3-5)8-9(15-7)10(14)13-4-12-8;1-5(2,3)4/h1-4H;1-4H,(H,12,13,14);. The Bertz CT molecular complexity index is 1790. The molecule has 0 amide bonds. The summed E-state index contributed by atoms with van der Waals surface area (Å²) in [6, 6.07) is 11.3. The maximum atomic E-state index is 11.5. The molecule has 0 aliphatic rings. The second-order valence-corrected chi connectivity index (χ2v) is 16.6. The average Bonchev–Trinajstić information content (AvgIpc) is 3.33. The molecule has 0 atom stereocenters. The molecule has 6 aromatic rings. The summed E-state index contributed by atoms with van der Waals surface area (Å²) in [5, 5.41) is 0.610. The number of H-pyrrole nitrogens is 1. The molecular weight excluding hydrogens is 636 g/mol. The van der Waals surface area contributed by atoms with Gasteiger partial charge in [0.05, 0.1) is 22.1 Å². The molecule has 6 rings (SSSR count). The first-order valence-electron chi connectivity index (χ1n) is 9.24. The van der Waals surface area contributed by atoms with Gasteiger partial charge in [-0.05, 0) is 70.1 Å². The summed E-state index contributed by atoms with van der Waals surface area (Å²) in [6.45, 7) is 0. The monoisotopic (exact) mass is 642 g/mol. The number of nitrogens with zero attached hydrogens (tertiary/aromatic N) is 3. The molecule has 180 valence electrons. The number of benzene rings is 2. The number of aromatic amines is 1. The van der Waals surface area contributed by atoms with Crippen LogP contribution in [-0.2, 0) is 4.57 Å². The average molecular weight is 645 g/mol. The lowest BCUT2D eigenvalue weighted by atomic mass is 10.2. The van der Waals surface area contributed by atoms with Crippen molar-refractivity contribution in [2.75, 3.05) is 0 Å². The van der Waals surface area contributed by atoms with E-state index in [0.717, 1.165) is 35.9 Å². The van der Waals surface area contributed by atoms with Gasteiger partial charge in [0.15, 0.2) is 0 Å². The molecule has 0 aliphatic heterocycles. The lowest BCUT2D eigenvalue weighted by molar-refractivity contribution is 0.600. The second-order valence-electron chi connectivity index (χ2n) is 6.64. The number of aromatic nitrogens is 4. The van der Waals surface area contributed by atoms with Crippen LogP contribution in [0.15, 0.2) is 53.8 Å². The van der Waals surface area contributed by atoms with Crippen LogP contribution < -0.4 is 5.56 Å². The number of halogens is 6. The van der Waals surface area contributed by atoms with Crippen molar-refractivity contribution in [3.63, 3.8) is 0 Å².